The van der Waals surface area contributed by atoms with Crippen molar-refractivity contribution in [1.82, 2.24) is 10.6 Å². The average Bonchev–Trinajstić information content (AvgIpc) is 3.19. The summed E-state index contributed by atoms with van der Waals surface area (Å²) < 4.78 is 16.3. The van der Waals surface area contributed by atoms with E-state index in [2.05, 4.69) is 28.6 Å². The molecular weight excluding hydrogens is 481 g/mol. The number of ether oxygens (including phenoxy) is 3. The Morgan fingerprint density at radius 3 is 2.45 bits per heavy atom. The van der Waals surface area contributed by atoms with E-state index in [1.54, 1.807) is 14.2 Å². The predicted molar refractivity (Wildman–Crippen MR) is 130 cm³/mol. The lowest BCUT2D eigenvalue weighted by atomic mass is 9.83. The van der Waals surface area contributed by atoms with Gasteiger partial charge in [0, 0.05) is 33.4 Å². The first-order chi connectivity index (χ1) is 13.7. The fraction of sp³-hybridized carbons (Fsp3) is 0.682. The van der Waals surface area contributed by atoms with Crippen molar-refractivity contribution in [1.29, 1.82) is 0 Å². The number of rotatable bonds is 11. The van der Waals surface area contributed by atoms with Crippen LogP contribution in [-0.4, -0.2) is 53.5 Å². The molecule has 0 bridgehead atoms. The first kappa shape index (κ1) is 25.8. The van der Waals surface area contributed by atoms with Gasteiger partial charge in [0.15, 0.2) is 17.5 Å². The van der Waals surface area contributed by atoms with E-state index in [1.807, 2.05) is 19.2 Å². The molecule has 2 rings (SSSR count). The zero-order valence-electron chi connectivity index (χ0n) is 18.4. The lowest BCUT2D eigenvalue weighted by Gasteiger charge is -2.30. The molecule has 0 unspecified atom stereocenters. The van der Waals surface area contributed by atoms with Gasteiger partial charge in [-0.05, 0) is 55.7 Å². The van der Waals surface area contributed by atoms with E-state index in [-0.39, 0.29) is 24.0 Å². The van der Waals surface area contributed by atoms with E-state index in [1.165, 1.54) is 31.2 Å². The van der Waals surface area contributed by atoms with Crippen molar-refractivity contribution in [2.24, 2.45) is 10.4 Å². The highest BCUT2D eigenvalue weighted by Gasteiger charge is 2.33. The topological polar surface area (TPSA) is 64.1 Å². The van der Waals surface area contributed by atoms with Crippen LogP contribution in [0, 0.1) is 5.41 Å². The molecule has 0 amide bonds. The van der Waals surface area contributed by atoms with Gasteiger partial charge in [-0.25, -0.2) is 0 Å². The molecule has 0 heterocycles. The highest BCUT2D eigenvalue weighted by atomic mass is 127. The molecule has 7 heteroatoms. The minimum absolute atomic E-state index is 0. The standard InChI is InChI=1S/C22H37N3O3.HI/c1-5-28-15-13-22(11-6-7-12-22)17-25-21(23-2)24-14-10-18-8-9-19(26-3)20(16-18)27-4;/h8-9,16H,5-7,10-15,17H2,1-4H3,(H2,23,24,25);1H. The monoisotopic (exact) mass is 519 g/mol. The second kappa shape index (κ2) is 13.9. The van der Waals surface area contributed by atoms with Crippen LogP contribution < -0.4 is 20.1 Å². The predicted octanol–water partition coefficient (Wildman–Crippen LogP) is 4.02. The van der Waals surface area contributed by atoms with E-state index >= 15 is 0 Å². The van der Waals surface area contributed by atoms with Crippen molar-refractivity contribution in [3.8, 4) is 11.5 Å². The number of hydrogen-bond donors (Lipinski definition) is 2. The van der Waals surface area contributed by atoms with Crippen LogP contribution in [0.15, 0.2) is 23.2 Å². The van der Waals surface area contributed by atoms with Crippen molar-refractivity contribution in [2.75, 3.05) is 47.6 Å². The number of aliphatic imine (C=N–C) groups is 1. The van der Waals surface area contributed by atoms with Crippen LogP contribution in [-0.2, 0) is 11.2 Å². The van der Waals surface area contributed by atoms with Crippen LogP contribution in [0.1, 0.15) is 44.6 Å². The van der Waals surface area contributed by atoms with Gasteiger partial charge in [0.05, 0.1) is 14.2 Å². The Bertz CT molecular complexity index is 619. The first-order valence-corrected chi connectivity index (χ1v) is 10.4. The summed E-state index contributed by atoms with van der Waals surface area (Å²) in [4.78, 5) is 4.39. The number of halogens is 1. The van der Waals surface area contributed by atoms with Crippen LogP contribution in [0.4, 0.5) is 0 Å². The van der Waals surface area contributed by atoms with Crippen molar-refractivity contribution in [2.45, 2.75) is 45.4 Å². The number of methoxy groups -OCH3 is 2. The molecule has 1 saturated carbocycles. The van der Waals surface area contributed by atoms with Gasteiger partial charge >= 0.3 is 0 Å². The fourth-order valence-electron chi connectivity index (χ4n) is 3.93. The summed E-state index contributed by atoms with van der Waals surface area (Å²) in [6.07, 6.45) is 7.19. The third-order valence-electron chi connectivity index (χ3n) is 5.65. The molecule has 166 valence electrons. The zero-order chi connectivity index (χ0) is 20.2. The summed E-state index contributed by atoms with van der Waals surface area (Å²) in [7, 11) is 5.14. The van der Waals surface area contributed by atoms with E-state index in [4.69, 9.17) is 14.2 Å². The number of nitrogens with one attached hydrogen (secondary N) is 2. The third-order valence-corrected chi connectivity index (χ3v) is 5.65. The second-order valence-corrected chi connectivity index (χ2v) is 7.45. The molecule has 1 aromatic carbocycles. The van der Waals surface area contributed by atoms with Gasteiger partial charge in [0.1, 0.15) is 0 Å². The summed E-state index contributed by atoms with van der Waals surface area (Å²) in [6.45, 7) is 5.47. The van der Waals surface area contributed by atoms with Crippen molar-refractivity contribution in [3.05, 3.63) is 23.8 Å². The number of guanidine groups is 1. The smallest absolute Gasteiger partial charge is 0.191 e. The van der Waals surface area contributed by atoms with Gasteiger partial charge in [-0.15, -0.1) is 24.0 Å². The highest BCUT2D eigenvalue weighted by molar-refractivity contribution is 14.0. The molecule has 0 saturated heterocycles. The van der Waals surface area contributed by atoms with Gasteiger partial charge in [0.25, 0.3) is 0 Å². The van der Waals surface area contributed by atoms with E-state index < -0.39 is 0 Å². The summed E-state index contributed by atoms with van der Waals surface area (Å²) in [6, 6.07) is 6.04. The second-order valence-electron chi connectivity index (χ2n) is 7.45. The minimum Gasteiger partial charge on any atom is -0.493 e. The van der Waals surface area contributed by atoms with Crippen molar-refractivity contribution >= 4 is 29.9 Å². The molecule has 1 aliphatic carbocycles. The Hall–Kier alpha value is -1.22. The van der Waals surface area contributed by atoms with Gasteiger partial charge in [0.2, 0.25) is 0 Å². The van der Waals surface area contributed by atoms with Crippen molar-refractivity contribution in [3.63, 3.8) is 0 Å². The molecule has 0 aromatic heterocycles. The molecule has 1 fully saturated rings. The van der Waals surface area contributed by atoms with Crippen LogP contribution in [0.2, 0.25) is 0 Å². The lowest BCUT2D eigenvalue weighted by Crippen LogP contribution is -2.44. The molecule has 0 atom stereocenters. The van der Waals surface area contributed by atoms with E-state index in [0.717, 1.165) is 56.6 Å². The normalized spacial score (nSPS) is 15.5. The van der Waals surface area contributed by atoms with Crippen LogP contribution >= 0.6 is 24.0 Å². The van der Waals surface area contributed by atoms with Gasteiger partial charge in [-0.3, -0.25) is 4.99 Å². The molecule has 2 N–H and O–H groups in total. The summed E-state index contributed by atoms with van der Waals surface area (Å²) in [5, 5.41) is 6.97. The van der Waals surface area contributed by atoms with Crippen molar-refractivity contribution < 1.29 is 14.2 Å². The average molecular weight is 519 g/mol. The highest BCUT2D eigenvalue weighted by Crippen LogP contribution is 2.40. The molecule has 0 aliphatic heterocycles. The Morgan fingerprint density at radius 2 is 1.83 bits per heavy atom. The number of nitrogens with zero attached hydrogens (tertiary/aromatic N) is 1. The van der Waals surface area contributed by atoms with Gasteiger partial charge in [-0.2, -0.15) is 0 Å². The Balaban J connectivity index is 0.00000420. The number of benzene rings is 1. The quantitative estimate of drug-likeness (QED) is 0.200. The Morgan fingerprint density at radius 1 is 1.10 bits per heavy atom. The molecule has 1 aliphatic rings. The minimum atomic E-state index is 0. The molecule has 29 heavy (non-hydrogen) atoms. The summed E-state index contributed by atoms with van der Waals surface area (Å²) >= 11 is 0. The lowest BCUT2D eigenvalue weighted by molar-refractivity contribution is 0.105. The van der Waals surface area contributed by atoms with E-state index in [9.17, 15) is 0 Å². The molecule has 1 aromatic rings. The van der Waals surface area contributed by atoms with Crippen LogP contribution in [0.3, 0.4) is 0 Å². The fourth-order valence-corrected chi connectivity index (χ4v) is 3.93. The Kier molecular flexibility index (Phi) is 12.4. The van der Waals surface area contributed by atoms with Gasteiger partial charge < -0.3 is 24.8 Å². The SMILES string of the molecule is CCOCCC1(CNC(=NC)NCCc2ccc(OC)c(OC)c2)CCCC1.I. The molecular formula is C22H38IN3O3. The van der Waals surface area contributed by atoms with Crippen LogP contribution in [0.25, 0.3) is 0 Å². The van der Waals surface area contributed by atoms with Gasteiger partial charge in [-0.1, -0.05) is 18.9 Å². The zero-order valence-corrected chi connectivity index (χ0v) is 20.7. The van der Waals surface area contributed by atoms with E-state index in [0.29, 0.717) is 5.41 Å². The van der Waals surface area contributed by atoms with Crippen LogP contribution in [0.5, 0.6) is 11.5 Å². The summed E-state index contributed by atoms with van der Waals surface area (Å²) in [5.41, 5.74) is 1.54. The molecule has 0 spiro atoms. The first-order valence-electron chi connectivity index (χ1n) is 10.4. The maximum absolute atomic E-state index is 5.61. The maximum atomic E-state index is 5.61. The molecule has 6 nitrogen and oxygen atoms in total. The largest absolute Gasteiger partial charge is 0.493 e. The third kappa shape index (κ3) is 8.20. The Labute approximate surface area is 193 Å². The molecule has 0 radical (unpaired) electrons. The maximum Gasteiger partial charge on any atom is 0.191 e. The summed E-state index contributed by atoms with van der Waals surface area (Å²) in [5.74, 6) is 2.38. The number of hydrogen-bond acceptors (Lipinski definition) is 4.